The third kappa shape index (κ3) is 1.90. The molecule has 0 unspecified atom stereocenters. The van der Waals surface area contributed by atoms with Gasteiger partial charge in [-0.2, -0.15) is 0 Å². The van der Waals surface area contributed by atoms with E-state index in [1.54, 1.807) is 0 Å². The van der Waals surface area contributed by atoms with Crippen molar-refractivity contribution in [2.45, 2.75) is 47.0 Å². The van der Waals surface area contributed by atoms with Gasteiger partial charge in [0.05, 0.1) is 12.5 Å². The summed E-state index contributed by atoms with van der Waals surface area (Å²) in [5.74, 6) is 3.49. The van der Waals surface area contributed by atoms with Crippen LogP contribution in [-0.4, -0.2) is 13.1 Å². The second-order valence-electron chi connectivity index (χ2n) is 6.84. The third-order valence-corrected chi connectivity index (χ3v) is 5.51. The van der Waals surface area contributed by atoms with Gasteiger partial charge in [0.2, 0.25) is 0 Å². The Kier molecular flexibility index (Phi) is 3.26. The first-order chi connectivity index (χ1) is 7.90. The van der Waals surface area contributed by atoms with Gasteiger partial charge in [-0.3, -0.25) is 4.79 Å². The van der Waals surface area contributed by atoms with E-state index in [4.69, 9.17) is 4.74 Å². The van der Waals surface area contributed by atoms with Gasteiger partial charge in [-0.15, -0.1) is 0 Å². The molecule has 0 heterocycles. The fourth-order valence-corrected chi connectivity index (χ4v) is 4.64. The van der Waals surface area contributed by atoms with Crippen LogP contribution < -0.4 is 0 Å². The second-order valence-corrected chi connectivity index (χ2v) is 6.84. The average Bonchev–Trinajstić information content (AvgIpc) is 2.27. The zero-order valence-corrected chi connectivity index (χ0v) is 11.8. The van der Waals surface area contributed by atoms with Gasteiger partial charge in [-0.25, -0.2) is 0 Å². The molecule has 98 valence electrons. The highest BCUT2D eigenvalue weighted by Gasteiger charge is 2.56. The minimum atomic E-state index is -0.220. The number of rotatable bonds is 2. The van der Waals surface area contributed by atoms with Gasteiger partial charge >= 0.3 is 5.97 Å². The molecule has 17 heavy (non-hydrogen) atoms. The Balaban J connectivity index is 2.24. The first kappa shape index (κ1) is 12.9. The molecular weight excluding hydrogens is 212 g/mol. The Morgan fingerprint density at radius 2 is 2.00 bits per heavy atom. The van der Waals surface area contributed by atoms with Crippen molar-refractivity contribution in [3.05, 3.63) is 0 Å². The molecule has 0 amide bonds. The van der Waals surface area contributed by atoms with Crippen molar-refractivity contribution in [2.24, 2.45) is 35.0 Å². The van der Waals surface area contributed by atoms with E-state index >= 15 is 0 Å². The number of hydrogen-bond acceptors (Lipinski definition) is 2. The van der Waals surface area contributed by atoms with Gasteiger partial charge in [0.1, 0.15) is 0 Å². The summed E-state index contributed by atoms with van der Waals surface area (Å²) in [6, 6.07) is 0. The lowest BCUT2D eigenvalue weighted by molar-refractivity contribution is -0.171. The SMILES string of the molecule is COC(=O)[C@]1(C)C[C@@H]2C[C@@H](C)[C@H]1C[C@H]2C(C)C. The summed E-state index contributed by atoms with van der Waals surface area (Å²) in [4.78, 5) is 12.1. The van der Waals surface area contributed by atoms with Gasteiger partial charge in [0.15, 0.2) is 0 Å². The van der Waals surface area contributed by atoms with Gasteiger partial charge in [0, 0.05) is 0 Å². The fourth-order valence-electron chi connectivity index (χ4n) is 4.64. The van der Waals surface area contributed by atoms with Gasteiger partial charge in [0.25, 0.3) is 0 Å². The Morgan fingerprint density at radius 1 is 1.35 bits per heavy atom. The maximum atomic E-state index is 12.1. The summed E-state index contributed by atoms with van der Waals surface area (Å²) < 4.78 is 5.05. The molecule has 0 N–H and O–H groups in total. The van der Waals surface area contributed by atoms with Crippen molar-refractivity contribution in [3.63, 3.8) is 0 Å². The smallest absolute Gasteiger partial charge is 0.311 e. The molecule has 3 saturated carbocycles. The number of ether oxygens (including phenoxy) is 1. The molecule has 3 aliphatic rings. The van der Waals surface area contributed by atoms with Gasteiger partial charge < -0.3 is 4.74 Å². The molecule has 2 nitrogen and oxygen atoms in total. The maximum absolute atomic E-state index is 12.1. The van der Waals surface area contributed by atoms with Crippen LogP contribution in [0.3, 0.4) is 0 Å². The van der Waals surface area contributed by atoms with E-state index in [1.165, 1.54) is 20.0 Å². The summed E-state index contributed by atoms with van der Waals surface area (Å²) in [5, 5.41) is 0. The van der Waals surface area contributed by atoms with Crippen LogP contribution in [0.5, 0.6) is 0 Å². The predicted molar refractivity (Wildman–Crippen MR) is 68.4 cm³/mol. The van der Waals surface area contributed by atoms with Crippen LogP contribution in [0.15, 0.2) is 0 Å². The Labute approximate surface area is 105 Å². The van der Waals surface area contributed by atoms with E-state index in [0.29, 0.717) is 11.8 Å². The molecule has 0 aromatic carbocycles. The lowest BCUT2D eigenvalue weighted by Crippen LogP contribution is -2.53. The maximum Gasteiger partial charge on any atom is 0.311 e. The summed E-state index contributed by atoms with van der Waals surface area (Å²) in [6.45, 7) is 9.09. The average molecular weight is 238 g/mol. The third-order valence-electron chi connectivity index (χ3n) is 5.51. The number of carbonyl (C=O) groups excluding carboxylic acids is 1. The van der Waals surface area contributed by atoms with Gasteiger partial charge in [-0.05, 0) is 55.8 Å². The molecule has 2 bridgehead atoms. The van der Waals surface area contributed by atoms with E-state index in [1.807, 2.05) is 0 Å². The normalized spacial score (nSPS) is 45.1. The minimum absolute atomic E-state index is 0.0151. The van der Waals surface area contributed by atoms with Crippen molar-refractivity contribution in [1.82, 2.24) is 0 Å². The quantitative estimate of drug-likeness (QED) is 0.688. The highest BCUT2D eigenvalue weighted by molar-refractivity contribution is 5.77. The van der Waals surface area contributed by atoms with Crippen molar-refractivity contribution in [1.29, 1.82) is 0 Å². The van der Waals surface area contributed by atoms with Crippen LogP contribution in [0.1, 0.15) is 47.0 Å². The monoisotopic (exact) mass is 238 g/mol. The molecule has 3 rings (SSSR count). The van der Waals surface area contributed by atoms with Crippen LogP contribution in [0.2, 0.25) is 0 Å². The Morgan fingerprint density at radius 3 is 2.47 bits per heavy atom. The van der Waals surface area contributed by atoms with Crippen LogP contribution >= 0.6 is 0 Å². The largest absolute Gasteiger partial charge is 0.469 e. The van der Waals surface area contributed by atoms with Crippen LogP contribution in [0.4, 0.5) is 0 Å². The van der Waals surface area contributed by atoms with E-state index < -0.39 is 0 Å². The number of carbonyl (C=O) groups is 1. The molecule has 5 atom stereocenters. The Hall–Kier alpha value is -0.530. The van der Waals surface area contributed by atoms with Crippen LogP contribution in [0, 0.1) is 35.0 Å². The molecule has 0 saturated heterocycles. The standard InChI is InChI=1S/C15H26O2/c1-9(2)12-7-13-10(3)6-11(12)8-15(13,4)14(16)17-5/h9-13H,6-8H2,1-5H3/t10-,11+,12+,13-,15-/m1/s1. The fraction of sp³-hybridized carbons (Fsp3) is 0.933. The molecule has 0 spiro atoms. The number of esters is 1. The topological polar surface area (TPSA) is 26.3 Å². The number of fused-ring (bicyclic) bond motifs is 3. The van der Waals surface area contributed by atoms with Crippen LogP contribution in [-0.2, 0) is 9.53 Å². The van der Waals surface area contributed by atoms with Crippen molar-refractivity contribution in [2.75, 3.05) is 7.11 Å². The lowest BCUT2D eigenvalue weighted by Gasteiger charge is -2.56. The van der Waals surface area contributed by atoms with E-state index in [2.05, 4.69) is 27.7 Å². The second kappa shape index (κ2) is 4.29. The van der Waals surface area contributed by atoms with Crippen molar-refractivity contribution >= 4 is 5.97 Å². The van der Waals surface area contributed by atoms with Crippen molar-refractivity contribution < 1.29 is 9.53 Å². The minimum Gasteiger partial charge on any atom is -0.469 e. The molecule has 3 fully saturated rings. The molecule has 0 radical (unpaired) electrons. The van der Waals surface area contributed by atoms with Gasteiger partial charge in [-0.1, -0.05) is 20.8 Å². The number of methoxy groups -OCH3 is 1. The molecular formula is C15H26O2. The van der Waals surface area contributed by atoms with E-state index in [0.717, 1.165) is 24.2 Å². The highest BCUT2D eigenvalue weighted by atomic mass is 16.5. The molecule has 0 aromatic rings. The first-order valence-electron chi connectivity index (χ1n) is 6.98. The first-order valence-corrected chi connectivity index (χ1v) is 6.98. The molecule has 0 aromatic heterocycles. The summed E-state index contributed by atoms with van der Waals surface area (Å²) >= 11 is 0. The summed E-state index contributed by atoms with van der Waals surface area (Å²) in [6.07, 6.45) is 3.56. The van der Waals surface area contributed by atoms with E-state index in [9.17, 15) is 4.79 Å². The highest BCUT2D eigenvalue weighted by Crippen LogP contribution is 2.59. The molecule has 0 aliphatic heterocycles. The number of hydrogen-bond donors (Lipinski definition) is 0. The Bertz CT molecular complexity index is 310. The zero-order valence-electron chi connectivity index (χ0n) is 11.8. The summed E-state index contributed by atoms with van der Waals surface area (Å²) in [5.41, 5.74) is -0.220. The lowest BCUT2D eigenvalue weighted by atomic mass is 9.48. The van der Waals surface area contributed by atoms with Crippen molar-refractivity contribution in [3.8, 4) is 0 Å². The molecule has 3 aliphatic carbocycles. The van der Waals surface area contributed by atoms with Crippen LogP contribution in [0.25, 0.3) is 0 Å². The molecule has 2 heteroatoms. The summed E-state index contributed by atoms with van der Waals surface area (Å²) in [7, 11) is 1.53. The zero-order chi connectivity index (χ0) is 12.8. The predicted octanol–water partition coefficient (Wildman–Crippen LogP) is 3.50. The van der Waals surface area contributed by atoms with E-state index in [-0.39, 0.29) is 11.4 Å².